The van der Waals surface area contributed by atoms with Gasteiger partial charge in [-0.1, -0.05) is 20.3 Å². The third-order valence-electron chi connectivity index (χ3n) is 1.93. The zero-order chi connectivity index (χ0) is 9.40. The Morgan fingerprint density at radius 3 is 2.67 bits per heavy atom. The summed E-state index contributed by atoms with van der Waals surface area (Å²) in [5.41, 5.74) is 0. The molecular formula is C9H18N2O. The number of nitrogens with one attached hydrogen (secondary N) is 1. The summed E-state index contributed by atoms with van der Waals surface area (Å²) >= 11 is 0. The first kappa shape index (κ1) is 11.4. The number of nitriles is 1. The van der Waals surface area contributed by atoms with E-state index in [-0.39, 0.29) is 12.6 Å². The van der Waals surface area contributed by atoms with Gasteiger partial charge in [0.05, 0.1) is 18.7 Å². The minimum atomic E-state index is -0.114. The lowest BCUT2D eigenvalue weighted by Crippen LogP contribution is -2.35. The topological polar surface area (TPSA) is 56.0 Å². The Kier molecular flexibility index (Phi) is 6.73. The Balaban J connectivity index is 3.73. The molecule has 2 N–H and O–H groups in total. The molecule has 12 heavy (non-hydrogen) atoms. The fourth-order valence-electron chi connectivity index (χ4n) is 1.22. The van der Waals surface area contributed by atoms with Crippen LogP contribution in [0.4, 0.5) is 0 Å². The van der Waals surface area contributed by atoms with Crippen LogP contribution in [-0.2, 0) is 0 Å². The number of hydrogen-bond acceptors (Lipinski definition) is 3. The molecule has 3 nitrogen and oxygen atoms in total. The van der Waals surface area contributed by atoms with Crippen LogP contribution in [0.25, 0.3) is 0 Å². The van der Waals surface area contributed by atoms with Gasteiger partial charge in [0, 0.05) is 6.54 Å². The smallest absolute Gasteiger partial charge is 0.0979 e. The van der Waals surface area contributed by atoms with Crippen LogP contribution in [0.1, 0.15) is 26.7 Å². The molecule has 0 radical (unpaired) electrons. The molecule has 0 aliphatic rings. The highest BCUT2D eigenvalue weighted by Crippen LogP contribution is 2.09. The molecule has 0 aromatic rings. The molecule has 70 valence electrons. The third-order valence-corrected chi connectivity index (χ3v) is 1.93. The average molecular weight is 170 g/mol. The minimum absolute atomic E-state index is 0.0943. The molecule has 0 fully saturated rings. The molecule has 0 bridgehead atoms. The van der Waals surface area contributed by atoms with Gasteiger partial charge in [0.2, 0.25) is 0 Å². The molecule has 0 spiro atoms. The maximum absolute atomic E-state index is 8.76. The maximum Gasteiger partial charge on any atom is 0.0979 e. The van der Waals surface area contributed by atoms with Gasteiger partial charge in [-0.2, -0.15) is 5.26 Å². The second-order valence-electron chi connectivity index (χ2n) is 3.05. The van der Waals surface area contributed by atoms with Gasteiger partial charge in [-0.25, -0.2) is 0 Å². The molecule has 2 unspecified atom stereocenters. The normalized spacial score (nSPS) is 15.2. The summed E-state index contributed by atoms with van der Waals surface area (Å²) in [5.74, 6) is 0.367. The van der Waals surface area contributed by atoms with E-state index in [4.69, 9.17) is 10.4 Å². The Morgan fingerprint density at radius 2 is 2.25 bits per heavy atom. The number of rotatable bonds is 6. The summed E-state index contributed by atoms with van der Waals surface area (Å²) in [7, 11) is 0. The van der Waals surface area contributed by atoms with Gasteiger partial charge >= 0.3 is 0 Å². The van der Waals surface area contributed by atoms with E-state index in [1.54, 1.807) is 0 Å². The van der Waals surface area contributed by atoms with Gasteiger partial charge in [-0.3, -0.25) is 5.32 Å². The van der Waals surface area contributed by atoms with Gasteiger partial charge in [-0.15, -0.1) is 0 Å². The van der Waals surface area contributed by atoms with E-state index in [9.17, 15) is 0 Å². The highest BCUT2D eigenvalue weighted by molar-refractivity contribution is 4.92. The van der Waals surface area contributed by atoms with Crippen LogP contribution in [0.3, 0.4) is 0 Å². The van der Waals surface area contributed by atoms with Gasteiger partial charge in [-0.05, 0) is 12.3 Å². The van der Waals surface area contributed by atoms with E-state index in [0.717, 1.165) is 12.8 Å². The highest BCUT2D eigenvalue weighted by Gasteiger charge is 2.13. The largest absolute Gasteiger partial charge is 0.395 e. The van der Waals surface area contributed by atoms with Crippen molar-refractivity contribution in [3.8, 4) is 6.07 Å². The van der Waals surface area contributed by atoms with Crippen molar-refractivity contribution in [1.82, 2.24) is 5.32 Å². The summed E-state index contributed by atoms with van der Waals surface area (Å²) in [6.45, 7) is 4.77. The third kappa shape index (κ3) is 4.32. The Bertz CT molecular complexity index is 142. The Hall–Kier alpha value is -0.590. The minimum Gasteiger partial charge on any atom is -0.395 e. The fourth-order valence-corrected chi connectivity index (χ4v) is 1.22. The summed E-state index contributed by atoms with van der Waals surface area (Å²) in [6, 6.07) is 2.09. The van der Waals surface area contributed by atoms with Crippen molar-refractivity contribution in [3.63, 3.8) is 0 Å². The summed E-state index contributed by atoms with van der Waals surface area (Å²) in [6.07, 6.45) is 2.15. The van der Waals surface area contributed by atoms with Gasteiger partial charge in [0.25, 0.3) is 0 Å². The van der Waals surface area contributed by atoms with Crippen LogP contribution in [0.2, 0.25) is 0 Å². The molecule has 0 rings (SSSR count). The second kappa shape index (κ2) is 7.08. The molecule has 0 aliphatic heterocycles. The van der Waals surface area contributed by atoms with Gasteiger partial charge in [0.15, 0.2) is 0 Å². The predicted molar refractivity (Wildman–Crippen MR) is 48.6 cm³/mol. The average Bonchev–Trinajstić information content (AvgIpc) is 2.06. The molecular weight excluding hydrogens is 152 g/mol. The summed E-state index contributed by atoms with van der Waals surface area (Å²) in [4.78, 5) is 0. The van der Waals surface area contributed by atoms with E-state index < -0.39 is 0 Å². The number of aliphatic hydroxyl groups excluding tert-OH is 1. The predicted octanol–water partition coefficient (Wildman–Crippen LogP) is 0.897. The van der Waals surface area contributed by atoms with Crippen molar-refractivity contribution >= 4 is 0 Å². The first-order chi connectivity index (χ1) is 5.76. The molecule has 0 saturated carbocycles. The van der Waals surface area contributed by atoms with Crippen LogP contribution < -0.4 is 5.32 Å². The number of hydrogen-bond donors (Lipinski definition) is 2. The molecule has 0 aromatic heterocycles. The van der Waals surface area contributed by atoms with Crippen molar-refractivity contribution < 1.29 is 5.11 Å². The van der Waals surface area contributed by atoms with Crippen molar-refractivity contribution in [2.24, 2.45) is 5.92 Å². The van der Waals surface area contributed by atoms with Crippen LogP contribution in [0.15, 0.2) is 0 Å². The van der Waals surface area contributed by atoms with Crippen molar-refractivity contribution in [2.45, 2.75) is 32.7 Å². The lowest BCUT2D eigenvalue weighted by Gasteiger charge is -2.17. The van der Waals surface area contributed by atoms with E-state index in [2.05, 4.69) is 25.2 Å². The molecule has 3 heteroatoms. The maximum atomic E-state index is 8.76. The van der Waals surface area contributed by atoms with E-state index in [1.807, 2.05) is 0 Å². The lowest BCUT2D eigenvalue weighted by molar-refractivity contribution is 0.279. The zero-order valence-corrected chi connectivity index (χ0v) is 7.88. The van der Waals surface area contributed by atoms with Gasteiger partial charge in [0.1, 0.15) is 0 Å². The van der Waals surface area contributed by atoms with E-state index >= 15 is 0 Å². The highest BCUT2D eigenvalue weighted by atomic mass is 16.3. The van der Waals surface area contributed by atoms with Crippen molar-refractivity contribution in [1.29, 1.82) is 5.26 Å². The molecule has 0 heterocycles. The van der Waals surface area contributed by atoms with Crippen LogP contribution >= 0.6 is 0 Å². The van der Waals surface area contributed by atoms with E-state index in [1.165, 1.54) is 0 Å². The Morgan fingerprint density at radius 1 is 1.58 bits per heavy atom. The van der Waals surface area contributed by atoms with Crippen LogP contribution in [-0.4, -0.2) is 24.3 Å². The molecule has 0 aliphatic carbocycles. The zero-order valence-electron chi connectivity index (χ0n) is 7.88. The Labute approximate surface area is 74.4 Å². The SMILES string of the molecule is CCCC(C)C(C#N)NCCO. The van der Waals surface area contributed by atoms with Crippen LogP contribution in [0, 0.1) is 17.2 Å². The first-order valence-electron chi connectivity index (χ1n) is 4.50. The fraction of sp³-hybridized carbons (Fsp3) is 0.889. The molecule has 2 atom stereocenters. The number of aliphatic hydroxyl groups is 1. The monoisotopic (exact) mass is 170 g/mol. The number of nitrogens with zero attached hydrogens (tertiary/aromatic N) is 1. The van der Waals surface area contributed by atoms with Gasteiger partial charge < -0.3 is 5.11 Å². The van der Waals surface area contributed by atoms with Crippen LogP contribution in [0.5, 0.6) is 0 Å². The lowest BCUT2D eigenvalue weighted by atomic mass is 9.98. The van der Waals surface area contributed by atoms with E-state index in [0.29, 0.717) is 12.5 Å². The standard InChI is InChI=1S/C9H18N2O/c1-3-4-8(2)9(7-10)11-5-6-12/h8-9,11-12H,3-6H2,1-2H3. The van der Waals surface area contributed by atoms with Crippen molar-refractivity contribution in [3.05, 3.63) is 0 Å². The molecule has 0 aromatic carbocycles. The first-order valence-corrected chi connectivity index (χ1v) is 4.50. The summed E-state index contributed by atoms with van der Waals surface area (Å²) < 4.78 is 0. The summed E-state index contributed by atoms with van der Waals surface area (Å²) in [5, 5.41) is 20.3. The quantitative estimate of drug-likeness (QED) is 0.622. The molecule has 0 saturated heterocycles. The molecule has 0 amide bonds. The van der Waals surface area contributed by atoms with Crippen molar-refractivity contribution in [2.75, 3.05) is 13.2 Å². The second-order valence-corrected chi connectivity index (χ2v) is 3.05.